The minimum Gasteiger partial charge on any atom is -0.493 e. The Kier molecular flexibility index (Phi) is 7.37. The highest BCUT2D eigenvalue weighted by Gasteiger charge is 2.43. The molecule has 4 rings (SSSR count). The van der Waals surface area contributed by atoms with Crippen LogP contribution >= 0.6 is 11.9 Å². The molecule has 0 aliphatic carbocycles. The lowest BCUT2D eigenvalue weighted by atomic mass is 10.1. The van der Waals surface area contributed by atoms with Crippen molar-refractivity contribution in [1.82, 2.24) is 4.90 Å². The molecule has 11 heteroatoms. The van der Waals surface area contributed by atoms with Gasteiger partial charge < -0.3 is 9.47 Å². The van der Waals surface area contributed by atoms with E-state index in [9.17, 15) is 13.2 Å². The van der Waals surface area contributed by atoms with Gasteiger partial charge in [-0.25, -0.2) is 13.3 Å². The number of carbonyl (C=O) groups excluding carboxylic acids is 1. The van der Waals surface area contributed by atoms with E-state index >= 15 is 0 Å². The second kappa shape index (κ2) is 10.4. The maximum atomic E-state index is 12.7. The van der Waals surface area contributed by atoms with Crippen molar-refractivity contribution < 1.29 is 22.7 Å². The summed E-state index contributed by atoms with van der Waals surface area (Å²) in [6.07, 6.45) is 2.22. The van der Waals surface area contributed by atoms with Gasteiger partial charge in [-0.05, 0) is 49.8 Å². The molecule has 1 N–H and O–H groups in total. The third-order valence-electron chi connectivity index (χ3n) is 5.13. The van der Waals surface area contributed by atoms with Gasteiger partial charge >= 0.3 is 0 Å². The first-order valence-electron chi connectivity index (χ1n) is 10.9. The van der Waals surface area contributed by atoms with E-state index < -0.39 is 21.0 Å². The zero-order chi connectivity index (χ0) is 25.0. The number of hydrogen-bond donors (Lipinski definition) is 1. The number of ether oxygens (including phenoxy) is 2. The Labute approximate surface area is 208 Å². The van der Waals surface area contributed by atoms with E-state index in [0.29, 0.717) is 30.9 Å². The molecule has 0 atom stereocenters. The van der Waals surface area contributed by atoms with Gasteiger partial charge in [0.05, 0.1) is 36.0 Å². The van der Waals surface area contributed by atoms with E-state index in [1.165, 1.54) is 19.9 Å². The van der Waals surface area contributed by atoms with E-state index in [0.717, 1.165) is 22.6 Å². The molecular formula is C24H24N4O5S2. The van der Waals surface area contributed by atoms with Crippen LogP contribution in [0.3, 0.4) is 0 Å². The van der Waals surface area contributed by atoms with Crippen molar-refractivity contribution in [3.8, 4) is 11.5 Å². The number of amides is 1. The van der Waals surface area contributed by atoms with Gasteiger partial charge in [-0.1, -0.05) is 30.3 Å². The smallest absolute Gasteiger partial charge is 0.283 e. The standard InChI is InChI=1S/C24H24N4O5S2/c1-16(2)35(30,31)24-27-34-23-26-22(29)20(21(25)28(23)24)15-17-9-11-19(12-10-17)33-14-6-13-32-18-7-4-3-5-8-18/h3-5,7-12,15-16,25H,6,13-14H2,1-2H3/b20-15-,25-21?. The van der Waals surface area contributed by atoms with Gasteiger partial charge in [0.15, 0.2) is 0 Å². The zero-order valence-corrected chi connectivity index (χ0v) is 20.8. The largest absolute Gasteiger partial charge is 0.493 e. The highest BCUT2D eigenvalue weighted by Crippen LogP contribution is 2.31. The van der Waals surface area contributed by atoms with Gasteiger partial charge in [0.25, 0.3) is 5.91 Å². The van der Waals surface area contributed by atoms with Crippen LogP contribution in [0.25, 0.3) is 6.08 Å². The van der Waals surface area contributed by atoms with Crippen LogP contribution in [0.15, 0.2) is 69.6 Å². The lowest BCUT2D eigenvalue weighted by molar-refractivity contribution is -0.114. The van der Waals surface area contributed by atoms with Crippen LogP contribution in [0.5, 0.6) is 11.5 Å². The van der Waals surface area contributed by atoms with Crippen LogP contribution in [0.4, 0.5) is 0 Å². The van der Waals surface area contributed by atoms with Gasteiger partial charge in [-0.2, -0.15) is 9.39 Å². The van der Waals surface area contributed by atoms with Gasteiger partial charge in [-0.3, -0.25) is 10.2 Å². The van der Waals surface area contributed by atoms with Crippen molar-refractivity contribution in [1.29, 1.82) is 5.41 Å². The molecule has 9 nitrogen and oxygen atoms in total. The molecule has 0 unspecified atom stereocenters. The van der Waals surface area contributed by atoms with Gasteiger partial charge in [0.2, 0.25) is 20.2 Å². The van der Waals surface area contributed by atoms with Crippen LogP contribution in [0.1, 0.15) is 25.8 Å². The molecule has 35 heavy (non-hydrogen) atoms. The minimum atomic E-state index is -3.76. The molecule has 0 bridgehead atoms. The van der Waals surface area contributed by atoms with Gasteiger partial charge in [0, 0.05) is 6.42 Å². The Balaban J connectivity index is 1.39. The maximum absolute atomic E-state index is 12.7. The summed E-state index contributed by atoms with van der Waals surface area (Å²) in [6, 6.07) is 16.6. The third kappa shape index (κ3) is 5.46. The Bertz CT molecular complexity index is 1320. The predicted octanol–water partition coefficient (Wildman–Crippen LogP) is 3.93. The van der Waals surface area contributed by atoms with E-state index in [2.05, 4.69) is 9.39 Å². The summed E-state index contributed by atoms with van der Waals surface area (Å²) >= 11 is 0.776. The summed E-state index contributed by atoms with van der Waals surface area (Å²) in [5.74, 6) is 0.583. The molecular weight excluding hydrogens is 488 g/mol. The maximum Gasteiger partial charge on any atom is 0.283 e. The molecule has 2 aliphatic rings. The first-order valence-corrected chi connectivity index (χ1v) is 13.2. The second-order valence-corrected chi connectivity index (χ2v) is 11.1. The summed E-state index contributed by atoms with van der Waals surface area (Å²) < 4.78 is 40.6. The van der Waals surface area contributed by atoms with Crippen molar-refractivity contribution in [2.24, 2.45) is 9.39 Å². The van der Waals surface area contributed by atoms with Crippen molar-refractivity contribution >= 4 is 49.9 Å². The number of carbonyl (C=O) groups is 1. The average Bonchev–Trinajstić information content (AvgIpc) is 3.28. The minimum absolute atomic E-state index is 0.0189. The molecule has 2 aromatic carbocycles. The Morgan fingerprint density at radius 3 is 2.29 bits per heavy atom. The number of rotatable bonds is 8. The van der Waals surface area contributed by atoms with Gasteiger partial charge in [0.1, 0.15) is 17.3 Å². The van der Waals surface area contributed by atoms with Gasteiger partial charge in [-0.15, -0.1) is 0 Å². The fourth-order valence-corrected chi connectivity index (χ4v) is 5.24. The molecule has 1 amide bonds. The number of nitrogens with one attached hydrogen (secondary N) is 1. The SMILES string of the molecule is CC(C)S(=O)(=O)C1=NSC2=NC(=O)/C(=C\c3ccc(OCCCOc4ccccc4)cc3)C(=N)N21. The van der Waals surface area contributed by atoms with E-state index in [4.69, 9.17) is 14.9 Å². The summed E-state index contributed by atoms with van der Waals surface area (Å²) in [7, 11) is -3.76. The summed E-state index contributed by atoms with van der Waals surface area (Å²) in [5.41, 5.74) is 0.628. The Morgan fingerprint density at radius 2 is 1.66 bits per heavy atom. The lowest BCUT2D eigenvalue weighted by Gasteiger charge is -2.25. The monoisotopic (exact) mass is 512 g/mol. The highest BCUT2D eigenvalue weighted by atomic mass is 32.2. The number of aliphatic imine (C=N–C) groups is 1. The fraction of sp³-hybridized carbons (Fsp3) is 0.250. The van der Waals surface area contributed by atoms with Crippen molar-refractivity contribution in [3.05, 3.63) is 65.7 Å². The number of nitrogens with zero attached hydrogens (tertiary/aromatic N) is 3. The first-order chi connectivity index (χ1) is 16.8. The predicted molar refractivity (Wildman–Crippen MR) is 138 cm³/mol. The quantitative estimate of drug-likeness (QED) is 0.323. The van der Waals surface area contributed by atoms with Crippen molar-refractivity contribution in [2.75, 3.05) is 13.2 Å². The highest BCUT2D eigenvalue weighted by molar-refractivity contribution is 8.16. The lowest BCUT2D eigenvalue weighted by Crippen LogP contribution is -2.46. The summed E-state index contributed by atoms with van der Waals surface area (Å²) in [5, 5.41) is 7.56. The number of para-hydroxylation sites is 1. The molecule has 0 radical (unpaired) electrons. The zero-order valence-electron chi connectivity index (χ0n) is 19.2. The second-order valence-electron chi connectivity index (χ2n) is 7.93. The fourth-order valence-electron chi connectivity index (χ4n) is 3.18. The molecule has 0 saturated heterocycles. The molecule has 2 heterocycles. The van der Waals surface area contributed by atoms with Crippen molar-refractivity contribution in [3.63, 3.8) is 0 Å². The number of benzene rings is 2. The first kappa shape index (κ1) is 24.7. The van der Waals surface area contributed by atoms with Crippen molar-refractivity contribution in [2.45, 2.75) is 25.5 Å². The van der Waals surface area contributed by atoms with E-state index in [1.807, 2.05) is 30.3 Å². The molecule has 0 fully saturated rings. The van der Waals surface area contributed by atoms with Crippen LogP contribution in [0, 0.1) is 5.41 Å². The van der Waals surface area contributed by atoms with E-state index in [1.54, 1.807) is 24.3 Å². The van der Waals surface area contributed by atoms with Crippen LogP contribution in [-0.2, 0) is 14.6 Å². The molecule has 0 spiro atoms. The van der Waals surface area contributed by atoms with Crippen LogP contribution in [0.2, 0.25) is 0 Å². The number of hydrogen-bond acceptors (Lipinski definition) is 8. The van der Waals surface area contributed by atoms with Crippen LogP contribution in [-0.4, -0.2) is 53.9 Å². The third-order valence-corrected chi connectivity index (χ3v) is 7.97. The number of amidine groups is 3. The molecule has 2 aliphatic heterocycles. The average molecular weight is 513 g/mol. The Morgan fingerprint density at radius 1 is 1.03 bits per heavy atom. The molecule has 0 aromatic heterocycles. The van der Waals surface area contributed by atoms with Crippen LogP contribution < -0.4 is 9.47 Å². The molecule has 2 aromatic rings. The molecule has 0 saturated carbocycles. The number of sulfone groups is 1. The molecule has 182 valence electrons. The number of fused-ring (bicyclic) bond motifs is 1. The van der Waals surface area contributed by atoms with E-state index in [-0.39, 0.29) is 21.7 Å². The Hall–Kier alpha value is -3.44. The summed E-state index contributed by atoms with van der Waals surface area (Å²) in [6.45, 7) is 4.08. The topological polar surface area (TPSA) is 121 Å². The summed E-state index contributed by atoms with van der Waals surface area (Å²) in [4.78, 5) is 17.6. The normalized spacial score (nSPS) is 16.9.